The molecule has 14 rings (SSSR count). The van der Waals surface area contributed by atoms with Gasteiger partial charge in [-0.25, -0.2) is 0 Å². The second-order valence-corrected chi connectivity index (χ2v) is 20.8. The molecule has 0 saturated carbocycles. The van der Waals surface area contributed by atoms with Crippen LogP contribution in [0.3, 0.4) is 0 Å². The van der Waals surface area contributed by atoms with Gasteiger partial charge < -0.3 is 9.80 Å². The van der Waals surface area contributed by atoms with E-state index in [1.54, 1.807) is 0 Å². The lowest BCUT2D eigenvalue weighted by Gasteiger charge is -2.38. The number of allylic oxidation sites excluding steroid dienone is 4. The van der Waals surface area contributed by atoms with E-state index in [-0.39, 0.29) is 22.7 Å². The molecule has 0 N–H and O–H groups in total. The maximum absolute atomic E-state index is 2.58. The summed E-state index contributed by atoms with van der Waals surface area (Å²) >= 11 is 0. The maximum atomic E-state index is 2.58. The van der Waals surface area contributed by atoms with Gasteiger partial charge in [0.2, 0.25) is 0 Å². The van der Waals surface area contributed by atoms with Crippen LogP contribution in [0.2, 0.25) is 0 Å². The summed E-state index contributed by atoms with van der Waals surface area (Å²) in [4.78, 5) is 5.10. The minimum absolute atomic E-state index is 0.159. The Morgan fingerprint density at radius 2 is 0.797 bits per heavy atom. The summed E-state index contributed by atoms with van der Waals surface area (Å²) in [6, 6.07) is 78.2. The Kier molecular flexibility index (Phi) is 8.46. The second kappa shape index (κ2) is 14.5. The van der Waals surface area contributed by atoms with E-state index >= 15 is 0 Å². The monoisotopic (exact) mass is 884 g/mol. The molecule has 9 aromatic carbocycles. The van der Waals surface area contributed by atoms with Gasteiger partial charge in [-0.3, -0.25) is 0 Å². The first-order chi connectivity index (χ1) is 33.8. The van der Waals surface area contributed by atoms with Gasteiger partial charge in [0.15, 0.2) is 0 Å². The fourth-order valence-corrected chi connectivity index (χ4v) is 13.7. The molecule has 0 heterocycles. The van der Waals surface area contributed by atoms with Crippen LogP contribution in [0.5, 0.6) is 0 Å². The number of fused-ring (bicyclic) bond motifs is 16. The van der Waals surface area contributed by atoms with Crippen molar-refractivity contribution in [3.8, 4) is 33.4 Å². The summed E-state index contributed by atoms with van der Waals surface area (Å²) in [5.74, 6) is 0.424. The number of hydrogen-bond donors (Lipinski definition) is 0. The van der Waals surface area contributed by atoms with E-state index in [1.807, 2.05) is 0 Å². The molecule has 3 atom stereocenters. The van der Waals surface area contributed by atoms with E-state index < -0.39 is 5.41 Å². The van der Waals surface area contributed by atoms with Crippen LogP contribution < -0.4 is 9.80 Å². The minimum atomic E-state index is -0.451. The average molecular weight is 885 g/mol. The van der Waals surface area contributed by atoms with Gasteiger partial charge in [0.25, 0.3) is 0 Å². The minimum Gasteiger partial charge on any atom is -0.310 e. The molecule has 0 radical (unpaired) electrons. The third-order valence-electron chi connectivity index (χ3n) is 16.7. The Morgan fingerprint density at radius 3 is 1.42 bits per heavy atom. The first kappa shape index (κ1) is 40.2. The lowest BCUT2D eigenvalue weighted by Crippen LogP contribution is -2.33. The summed E-state index contributed by atoms with van der Waals surface area (Å²) < 4.78 is 0. The molecule has 0 aliphatic heterocycles. The number of para-hydroxylation sites is 2. The fraction of sp³-hybridized carbons (Fsp3) is 0.134. The highest BCUT2D eigenvalue weighted by atomic mass is 15.2. The van der Waals surface area contributed by atoms with Crippen molar-refractivity contribution in [1.82, 2.24) is 0 Å². The quantitative estimate of drug-likeness (QED) is 0.164. The molecular formula is C67H52N2. The molecule has 0 fully saturated rings. The zero-order chi connectivity index (χ0) is 46.2. The fourth-order valence-electron chi connectivity index (χ4n) is 13.7. The van der Waals surface area contributed by atoms with E-state index in [9.17, 15) is 0 Å². The Morgan fingerprint density at radius 1 is 0.333 bits per heavy atom. The molecule has 0 saturated heterocycles. The number of nitrogens with zero attached hydrogens (tertiary/aromatic N) is 2. The number of rotatable bonds is 6. The van der Waals surface area contributed by atoms with Crippen molar-refractivity contribution in [2.45, 2.75) is 49.9 Å². The van der Waals surface area contributed by atoms with Crippen LogP contribution in [0.25, 0.3) is 33.4 Å². The predicted molar refractivity (Wildman–Crippen MR) is 287 cm³/mol. The van der Waals surface area contributed by atoms with Crippen LogP contribution in [-0.2, 0) is 16.2 Å². The van der Waals surface area contributed by atoms with Crippen molar-refractivity contribution in [1.29, 1.82) is 0 Å². The van der Waals surface area contributed by atoms with Crippen LogP contribution in [0.15, 0.2) is 231 Å². The summed E-state index contributed by atoms with van der Waals surface area (Å²) in [6.07, 6.45) is 9.51. The van der Waals surface area contributed by atoms with Crippen molar-refractivity contribution in [3.05, 3.63) is 275 Å². The number of benzene rings is 9. The molecule has 69 heavy (non-hydrogen) atoms. The highest BCUT2D eigenvalue weighted by Crippen LogP contribution is 2.68. The molecule has 1 spiro atoms. The molecule has 5 aliphatic carbocycles. The van der Waals surface area contributed by atoms with E-state index in [4.69, 9.17) is 0 Å². The SMILES string of the molecule is CC1(C)c2ccccc2-c2ccc(N(c3ccccc3)c3cc(N(c4ccccc4)c4ccc5c(c4)C(C)(C)c4ccccc4-5)c4c(c3)C3(c5ccccc5-4)c4ccccc4C4C=CC=CC43)cc21. The average Bonchev–Trinajstić information content (AvgIpc) is 4.02. The van der Waals surface area contributed by atoms with Crippen LogP contribution in [0, 0.1) is 5.92 Å². The Bertz CT molecular complexity index is 3650. The molecule has 0 aromatic heterocycles. The van der Waals surface area contributed by atoms with Gasteiger partial charge in [-0.05, 0) is 133 Å². The van der Waals surface area contributed by atoms with Gasteiger partial charge in [-0.1, -0.05) is 198 Å². The second-order valence-electron chi connectivity index (χ2n) is 20.8. The summed E-state index contributed by atoms with van der Waals surface area (Å²) in [6.45, 7) is 9.55. The van der Waals surface area contributed by atoms with Crippen molar-refractivity contribution in [3.63, 3.8) is 0 Å². The Labute approximate surface area is 406 Å². The molecule has 5 aliphatic rings. The first-order valence-electron chi connectivity index (χ1n) is 24.7. The standard InChI is InChI=1S/C67H52N2/c1-65(2)55-30-16-11-25-48(55)52-37-35-45(39-60(52)65)68(43-21-7-5-8-22-43)47-41-62-64(54-29-15-20-34-59(54)67(62)57-32-18-13-27-50(57)51-28-14-19-33-58(51)67)63(42-47)69(44-23-9-6-10-24-44)46-36-38-53-49-26-12-17-31-56(49)66(3,4)61(53)40-46/h5-42,50,57H,1-4H3. The first-order valence-corrected chi connectivity index (χ1v) is 24.7. The van der Waals surface area contributed by atoms with Crippen molar-refractivity contribution in [2.75, 3.05) is 9.80 Å². The summed E-state index contributed by atoms with van der Waals surface area (Å²) in [5, 5.41) is 0. The van der Waals surface area contributed by atoms with Crippen LogP contribution in [-0.4, -0.2) is 0 Å². The van der Waals surface area contributed by atoms with E-state index in [0.717, 1.165) is 34.1 Å². The summed E-state index contributed by atoms with van der Waals surface area (Å²) in [7, 11) is 0. The molecule has 9 aromatic rings. The Hall–Kier alpha value is -7.94. The zero-order valence-electron chi connectivity index (χ0n) is 39.5. The van der Waals surface area contributed by atoms with E-state index in [2.05, 4.69) is 268 Å². The number of anilines is 6. The van der Waals surface area contributed by atoms with Gasteiger partial charge in [0, 0.05) is 56.7 Å². The number of hydrogen-bond acceptors (Lipinski definition) is 2. The third kappa shape index (κ3) is 5.43. The smallest absolute Gasteiger partial charge is 0.0564 e. The molecule has 3 unspecified atom stereocenters. The maximum Gasteiger partial charge on any atom is 0.0564 e. The highest BCUT2D eigenvalue weighted by Gasteiger charge is 2.58. The largest absolute Gasteiger partial charge is 0.310 e. The predicted octanol–water partition coefficient (Wildman–Crippen LogP) is 17.4. The zero-order valence-corrected chi connectivity index (χ0v) is 39.5. The lowest BCUT2D eigenvalue weighted by atomic mass is 9.65. The topological polar surface area (TPSA) is 6.48 Å². The van der Waals surface area contributed by atoms with Crippen molar-refractivity contribution in [2.24, 2.45) is 5.92 Å². The molecule has 0 bridgehead atoms. The normalized spacial score (nSPS) is 19.5. The highest BCUT2D eigenvalue weighted by molar-refractivity contribution is 6.01. The molecule has 0 amide bonds. The van der Waals surface area contributed by atoms with Crippen molar-refractivity contribution < 1.29 is 0 Å². The lowest BCUT2D eigenvalue weighted by molar-refractivity contribution is 0.465. The summed E-state index contributed by atoms with van der Waals surface area (Å²) in [5.41, 5.74) is 24.9. The van der Waals surface area contributed by atoms with Gasteiger partial charge in [0.05, 0.1) is 11.1 Å². The van der Waals surface area contributed by atoms with Gasteiger partial charge >= 0.3 is 0 Å². The van der Waals surface area contributed by atoms with E-state index in [0.29, 0.717) is 0 Å². The van der Waals surface area contributed by atoms with Gasteiger partial charge in [-0.15, -0.1) is 0 Å². The van der Waals surface area contributed by atoms with Crippen molar-refractivity contribution >= 4 is 34.1 Å². The Balaban J connectivity index is 1.09. The van der Waals surface area contributed by atoms with Crippen LogP contribution in [0.1, 0.15) is 78.1 Å². The van der Waals surface area contributed by atoms with Crippen LogP contribution >= 0.6 is 0 Å². The molecular weight excluding hydrogens is 833 g/mol. The molecule has 2 heteroatoms. The third-order valence-corrected chi connectivity index (χ3v) is 16.7. The molecule has 2 nitrogen and oxygen atoms in total. The van der Waals surface area contributed by atoms with Gasteiger partial charge in [-0.2, -0.15) is 0 Å². The molecule has 330 valence electrons. The van der Waals surface area contributed by atoms with Gasteiger partial charge in [0.1, 0.15) is 0 Å². The van der Waals surface area contributed by atoms with E-state index in [1.165, 1.54) is 77.9 Å². The van der Waals surface area contributed by atoms with Crippen LogP contribution in [0.4, 0.5) is 34.1 Å².